The first-order chi connectivity index (χ1) is 13.7. The molecule has 0 saturated carbocycles. The van der Waals surface area contributed by atoms with Gasteiger partial charge in [0.05, 0.1) is 11.7 Å². The number of aromatic nitrogens is 1. The minimum absolute atomic E-state index is 0.303. The summed E-state index contributed by atoms with van der Waals surface area (Å²) in [5, 5.41) is 9.53. The lowest BCUT2D eigenvalue weighted by Gasteiger charge is -2.41. The van der Waals surface area contributed by atoms with Gasteiger partial charge in [0.2, 0.25) is 0 Å². The van der Waals surface area contributed by atoms with Crippen LogP contribution in [0.2, 0.25) is 0 Å². The van der Waals surface area contributed by atoms with E-state index < -0.39 is 0 Å². The zero-order valence-electron chi connectivity index (χ0n) is 16.3. The maximum Gasteiger partial charge on any atom is 0.159 e. The fraction of sp³-hybridized carbons (Fsp3) is 0.435. The van der Waals surface area contributed by atoms with Crippen molar-refractivity contribution < 1.29 is 0 Å². The summed E-state index contributed by atoms with van der Waals surface area (Å²) < 4.78 is 0. The zero-order valence-corrected chi connectivity index (χ0v) is 16.3. The second-order valence-corrected chi connectivity index (χ2v) is 7.52. The van der Waals surface area contributed by atoms with Crippen LogP contribution in [-0.4, -0.2) is 52.7 Å². The summed E-state index contributed by atoms with van der Waals surface area (Å²) in [5.74, 6) is 6.73. The molecule has 3 aliphatic heterocycles. The third kappa shape index (κ3) is 4.01. The molecule has 3 aliphatic rings. The summed E-state index contributed by atoms with van der Waals surface area (Å²) in [7, 11) is 0. The van der Waals surface area contributed by atoms with E-state index in [1.165, 1.54) is 0 Å². The van der Waals surface area contributed by atoms with E-state index in [2.05, 4.69) is 43.8 Å². The van der Waals surface area contributed by atoms with Crippen LogP contribution in [0.5, 0.6) is 0 Å². The number of rotatable bonds is 1. The molecule has 0 aliphatic carbocycles. The molecule has 4 heterocycles. The Kier molecular flexibility index (Phi) is 5.55. The first-order valence-electron chi connectivity index (χ1n) is 10.0. The Bertz CT molecular complexity index is 924. The summed E-state index contributed by atoms with van der Waals surface area (Å²) in [6.45, 7) is 4.86. The van der Waals surface area contributed by atoms with Crippen LogP contribution in [0.3, 0.4) is 0 Å². The first kappa shape index (κ1) is 18.5. The Balaban J connectivity index is 1.46. The van der Waals surface area contributed by atoms with Gasteiger partial charge in [0.15, 0.2) is 5.70 Å². The molecule has 5 nitrogen and oxygen atoms in total. The number of piperazine rings is 1. The Hall–Kier alpha value is -2.89. The van der Waals surface area contributed by atoms with Crippen LogP contribution in [0.4, 0.5) is 0 Å². The highest BCUT2D eigenvalue weighted by Gasteiger charge is 2.37. The summed E-state index contributed by atoms with van der Waals surface area (Å²) in [6.07, 6.45) is 9.86. The van der Waals surface area contributed by atoms with Gasteiger partial charge in [-0.05, 0) is 56.7 Å². The van der Waals surface area contributed by atoms with Crippen molar-refractivity contribution in [2.75, 3.05) is 19.6 Å². The van der Waals surface area contributed by atoms with Gasteiger partial charge in [0.1, 0.15) is 11.8 Å². The molecule has 1 aromatic rings. The molecule has 2 saturated heterocycles. The molecule has 0 radical (unpaired) electrons. The summed E-state index contributed by atoms with van der Waals surface area (Å²) in [5.41, 5.74) is 3.52. The average Bonchev–Trinajstić information content (AvgIpc) is 3.09. The van der Waals surface area contributed by atoms with Gasteiger partial charge >= 0.3 is 0 Å². The average molecular weight is 371 g/mol. The monoisotopic (exact) mass is 371 g/mol. The van der Waals surface area contributed by atoms with Crippen molar-refractivity contribution in [2.24, 2.45) is 4.99 Å². The van der Waals surface area contributed by atoms with Gasteiger partial charge in [-0.3, -0.25) is 4.90 Å². The maximum atomic E-state index is 9.53. The summed E-state index contributed by atoms with van der Waals surface area (Å²) in [6, 6.07) is 9.07. The minimum atomic E-state index is 0.303. The SMILES string of the molecule is Cc1cccc(C#C[C@H]2CC[C@H]3CN(/C4=C(C#N)/N=C/C=C\CC4)CCN32)n1. The summed E-state index contributed by atoms with van der Waals surface area (Å²) >= 11 is 0. The third-order valence-corrected chi connectivity index (χ3v) is 5.69. The normalized spacial score (nSPS) is 29.6. The first-order valence-corrected chi connectivity index (χ1v) is 10.0. The number of pyridine rings is 1. The fourth-order valence-corrected chi connectivity index (χ4v) is 4.31. The highest BCUT2D eigenvalue weighted by molar-refractivity contribution is 5.73. The molecule has 1 aromatic heterocycles. The largest absolute Gasteiger partial charge is 0.370 e. The highest BCUT2D eigenvalue weighted by atomic mass is 15.3. The van der Waals surface area contributed by atoms with Gasteiger partial charge in [-0.2, -0.15) is 5.26 Å². The van der Waals surface area contributed by atoms with Crippen molar-refractivity contribution in [1.29, 1.82) is 5.26 Å². The molecule has 2 fully saturated rings. The predicted molar refractivity (Wildman–Crippen MR) is 110 cm³/mol. The topological polar surface area (TPSA) is 55.5 Å². The molecule has 0 unspecified atom stereocenters. The second kappa shape index (κ2) is 8.42. The molecule has 0 amide bonds. The molecular weight excluding hydrogens is 346 g/mol. The lowest BCUT2D eigenvalue weighted by Crippen LogP contribution is -2.52. The molecule has 4 rings (SSSR count). The van der Waals surface area contributed by atoms with Crippen molar-refractivity contribution in [2.45, 2.75) is 44.7 Å². The van der Waals surface area contributed by atoms with Crippen molar-refractivity contribution in [3.63, 3.8) is 0 Å². The van der Waals surface area contributed by atoms with Gasteiger partial charge in [-0.25, -0.2) is 9.98 Å². The Morgan fingerprint density at radius 2 is 2.14 bits per heavy atom. The smallest absolute Gasteiger partial charge is 0.159 e. The Morgan fingerprint density at radius 3 is 3.00 bits per heavy atom. The van der Waals surface area contributed by atoms with Crippen LogP contribution in [0.1, 0.15) is 37.1 Å². The van der Waals surface area contributed by atoms with E-state index in [9.17, 15) is 5.26 Å². The van der Waals surface area contributed by atoms with Crippen LogP contribution in [0, 0.1) is 30.1 Å². The number of hydrogen-bond donors (Lipinski definition) is 0. The Morgan fingerprint density at radius 1 is 1.21 bits per heavy atom. The van der Waals surface area contributed by atoms with Crippen LogP contribution in [0.15, 0.2) is 46.7 Å². The standard InChI is InChI=1S/C23H25N5/c1-18-6-5-7-19(26-18)9-10-20-11-12-21-17-27(14-15-28(20)21)23-8-3-2-4-13-25-22(23)16-24/h2,4-7,13,20-21H,3,8,11-12,14-15,17H2,1H3/b4-2-,23-22+,25-13+/t20-,21-/m0/s1. The van der Waals surface area contributed by atoms with Crippen LogP contribution < -0.4 is 0 Å². The number of nitrogens with zero attached hydrogens (tertiary/aromatic N) is 5. The van der Waals surface area contributed by atoms with Crippen molar-refractivity contribution in [3.8, 4) is 17.9 Å². The lowest BCUT2D eigenvalue weighted by molar-refractivity contribution is 0.110. The molecule has 0 spiro atoms. The van der Waals surface area contributed by atoms with Crippen LogP contribution in [0.25, 0.3) is 0 Å². The molecule has 142 valence electrons. The minimum Gasteiger partial charge on any atom is -0.370 e. The molecule has 0 bridgehead atoms. The van der Waals surface area contributed by atoms with Gasteiger partial charge in [0.25, 0.3) is 0 Å². The van der Waals surface area contributed by atoms with E-state index in [0.717, 1.165) is 62.4 Å². The number of aliphatic imine (C=N–C) groups is 1. The van der Waals surface area contributed by atoms with Crippen molar-refractivity contribution >= 4 is 6.21 Å². The predicted octanol–water partition coefficient (Wildman–Crippen LogP) is 3.05. The molecule has 0 aromatic carbocycles. The van der Waals surface area contributed by atoms with E-state index in [4.69, 9.17) is 0 Å². The van der Waals surface area contributed by atoms with Crippen molar-refractivity contribution in [3.05, 3.63) is 53.1 Å². The van der Waals surface area contributed by atoms with Gasteiger partial charge in [0, 0.05) is 37.6 Å². The number of aryl methyl sites for hydroxylation is 1. The molecule has 28 heavy (non-hydrogen) atoms. The number of hydrogen-bond acceptors (Lipinski definition) is 5. The van der Waals surface area contributed by atoms with E-state index >= 15 is 0 Å². The van der Waals surface area contributed by atoms with Gasteiger partial charge < -0.3 is 4.90 Å². The Labute approximate surface area is 167 Å². The lowest BCUT2D eigenvalue weighted by atomic mass is 10.1. The second-order valence-electron chi connectivity index (χ2n) is 7.52. The van der Waals surface area contributed by atoms with E-state index in [-0.39, 0.29) is 0 Å². The van der Waals surface area contributed by atoms with E-state index in [1.54, 1.807) is 6.21 Å². The van der Waals surface area contributed by atoms with Crippen LogP contribution >= 0.6 is 0 Å². The van der Waals surface area contributed by atoms with E-state index in [0.29, 0.717) is 17.8 Å². The number of fused-ring (bicyclic) bond motifs is 1. The molecule has 2 atom stereocenters. The highest BCUT2D eigenvalue weighted by Crippen LogP contribution is 2.30. The third-order valence-electron chi connectivity index (χ3n) is 5.69. The van der Waals surface area contributed by atoms with Gasteiger partial charge in [-0.1, -0.05) is 18.1 Å². The molecular formula is C23H25N5. The summed E-state index contributed by atoms with van der Waals surface area (Å²) in [4.78, 5) is 13.8. The quantitative estimate of drug-likeness (QED) is 0.712. The van der Waals surface area contributed by atoms with E-state index in [1.807, 2.05) is 31.2 Å². The molecule has 0 N–H and O–H groups in total. The van der Waals surface area contributed by atoms with Crippen LogP contribution in [-0.2, 0) is 0 Å². The number of allylic oxidation sites excluding steroid dienone is 4. The maximum absolute atomic E-state index is 9.53. The number of nitriles is 1. The fourth-order valence-electron chi connectivity index (χ4n) is 4.31. The molecule has 5 heteroatoms. The zero-order chi connectivity index (χ0) is 19.3. The van der Waals surface area contributed by atoms with Gasteiger partial charge in [-0.15, -0.1) is 0 Å². The van der Waals surface area contributed by atoms with Crippen molar-refractivity contribution in [1.82, 2.24) is 14.8 Å².